The third-order valence-electron chi connectivity index (χ3n) is 6.85. The molecule has 0 spiro atoms. The van der Waals surface area contributed by atoms with Gasteiger partial charge in [0, 0.05) is 30.2 Å². The minimum absolute atomic E-state index is 0.127. The molecule has 9 heteroatoms. The molecule has 0 bridgehead atoms. The van der Waals surface area contributed by atoms with Crippen molar-refractivity contribution < 1.29 is 22.7 Å². The van der Waals surface area contributed by atoms with Crippen LogP contribution in [0.1, 0.15) is 18.4 Å². The van der Waals surface area contributed by atoms with E-state index < -0.39 is 16.1 Å². The quantitative estimate of drug-likeness (QED) is 0.521. The van der Waals surface area contributed by atoms with Gasteiger partial charge in [-0.2, -0.15) is 0 Å². The Bertz CT molecular complexity index is 1330. The zero-order valence-electron chi connectivity index (χ0n) is 19.6. The summed E-state index contributed by atoms with van der Waals surface area (Å²) in [5, 5.41) is 3.42. The van der Waals surface area contributed by atoms with Crippen molar-refractivity contribution in [2.24, 2.45) is 0 Å². The van der Waals surface area contributed by atoms with Gasteiger partial charge < -0.3 is 14.8 Å². The minimum atomic E-state index is -3.95. The Morgan fingerprint density at radius 1 is 1.00 bits per heavy atom. The first-order valence-corrected chi connectivity index (χ1v) is 13.7. The van der Waals surface area contributed by atoms with Crippen molar-refractivity contribution in [3.63, 3.8) is 0 Å². The minimum Gasteiger partial charge on any atom is -0.476 e. The van der Waals surface area contributed by atoms with E-state index in [1.807, 2.05) is 18.2 Å². The molecule has 0 aromatic heterocycles. The van der Waals surface area contributed by atoms with Crippen molar-refractivity contribution in [2.75, 3.05) is 30.6 Å². The van der Waals surface area contributed by atoms with E-state index in [1.54, 1.807) is 30.3 Å². The van der Waals surface area contributed by atoms with Crippen molar-refractivity contribution in [1.29, 1.82) is 0 Å². The molecule has 1 atom stereocenters. The van der Waals surface area contributed by atoms with Crippen LogP contribution < -0.4 is 14.4 Å². The number of halogens is 1. The molecule has 0 radical (unpaired) electrons. The van der Waals surface area contributed by atoms with Crippen LogP contribution >= 0.6 is 11.6 Å². The predicted molar refractivity (Wildman–Crippen MR) is 138 cm³/mol. The number of carbonyl (C=O) groups excluding carboxylic acids is 1. The van der Waals surface area contributed by atoms with Gasteiger partial charge in [0.15, 0.2) is 6.10 Å². The van der Waals surface area contributed by atoms with Crippen LogP contribution in [0.15, 0.2) is 83.8 Å². The van der Waals surface area contributed by atoms with Gasteiger partial charge in [-0.3, -0.25) is 9.10 Å². The van der Waals surface area contributed by atoms with E-state index in [-0.39, 0.29) is 28.5 Å². The summed E-state index contributed by atoms with van der Waals surface area (Å²) < 4.78 is 39.9. The number of ether oxygens (including phenoxy) is 2. The van der Waals surface area contributed by atoms with Gasteiger partial charge in [-0.05, 0) is 48.7 Å². The molecule has 0 unspecified atom stereocenters. The van der Waals surface area contributed by atoms with E-state index >= 15 is 0 Å². The molecule has 3 aromatic carbocycles. The van der Waals surface area contributed by atoms with Crippen LogP contribution in [0.25, 0.3) is 0 Å². The predicted octanol–water partition coefficient (Wildman–Crippen LogP) is 4.16. The molecule has 1 amide bonds. The second kappa shape index (κ2) is 10.1. The summed E-state index contributed by atoms with van der Waals surface area (Å²) in [6.07, 6.45) is 0.530. The average molecular weight is 527 g/mol. The number of hydrogen-bond donors (Lipinski definition) is 1. The second-order valence-electron chi connectivity index (χ2n) is 9.04. The molecule has 2 aliphatic rings. The number of amides is 1. The molecule has 1 fully saturated rings. The normalized spacial score (nSPS) is 19.1. The number of hydrogen-bond acceptors (Lipinski definition) is 5. The molecule has 7 nitrogen and oxygen atoms in total. The Kier molecular flexibility index (Phi) is 6.92. The van der Waals surface area contributed by atoms with Gasteiger partial charge in [0.05, 0.1) is 17.1 Å². The van der Waals surface area contributed by atoms with Crippen molar-refractivity contribution in [3.8, 4) is 5.75 Å². The number of nitrogens with one attached hydrogen (secondary N) is 1. The highest BCUT2D eigenvalue weighted by Crippen LogP contribution is 2.39. The molecule has 0 aliphatic carbocycles. The first-order chi connectivity index (χ1) is 17.4. The Morgan fingerprint density at radius 3 is 2.36 bits per heavy atom. The van der Waals surface area contributed by atoms with E-state index in [1.165, 1.54) is 22.5 Å². The van der Waals surface area contributed by atoms with Gasteiger partial charge in [0.25, 0.3) is 15.9 Å². The monoisotopic (exact) mass is 526 g/mol. The summed E-state index contributed by atoms with van der Waals surface area (Å²) in [6.45, 7) is 1.46. The number of nitrogens with zero attached hydrogens (tertiary/aromatic N) is 1. The van der Waals surface area contributed by atoms with Crippen LogP contribution in [0.4, 0.5) is 5.69 Å². The maximum absolute atomic E-state index is 13.6. The Morgan fingerprint density at radius 2 is 1.67 bits per heavy atom. The lowest BCUT2D eigenvalue weighted by Gasteiger charge is -2.39. The van der Waals surface area contributed by atoms with Gasteiger partial charge >= 0.3 is 0 Å². The molecule has 1 N–H and O–H groups in total. The standard InChI is InChI=1S/C27H27ClN2O5S/c28-21-11-12-24-23(17-21)30(36(32,33)22-9-5-2-6-10-22)18-25(35-24)26(31)29-19-27(13-15-34-16-14-27)20-7-3-1-4-8-20/h1-12,17,25H,13-16,18-19H2,(H,29,31)/t25-/m1/s1. The molecule has 2 heterocycles. The summed E-state index contributed by atoms with van der Waals surface area (Å²) in [4.78, 5) is 13.5. The van der Waals surface area contributed by atoms with Gasteiger partial charge in [-0.1, -0.05) is 60.1 Å². The van der Waals surface area contributed by atoms with E-state index in [0.717, 1.165) is 18.4 Å². The summed E-state index contributed by atoms with van der Waals surface area (Å²) >= 11 is 6.18. The largest absolute Gasteiger partial charge is 0.476 e. The smallest absolute Gasteiger partial charge is 0.264 e. The highest BCUT2D eigenvalue weighted by atomic mass is 35.5. The summed E-state index contributed by atoms with van der Waals surface area (Å²) in [6, 6.07) is 23.0. The number of anilines is 1. The van der Waals surface area contributed by atoms with E-state index in [9.17, 15) is 13.2 Å². The van der Waals surface area contributed by atoms with Crippen LogP contribution in [-0.4, -0.2) is 46.7 Å². The fourth-order valence-corrected chi connectivity index (χ4v) is 6.45. The Labute approximate surface area is 216 Å². The van der Waals surface area contributed by atoms with Crippen molar-refractivity contribution in [2.45, 2.75) is 29.3 Å². The Balaban J connectivity index is 1.41. The number of fused-ring (bicyclic) bond motifs is 1. The van der Waals surface area contributed by atoms with Crippen molar-refractivity contribution in [1.82, 2.24) is 5.32 Å². The van der Waals surface area contributed by atoms with E-state index in [2.05, 4.69) is 17.4 Å². The first-order valence-electron chi connectivity index (χ1n) is 11.8. The first kappa shape index (κ1) is 24.6. The third-order valence-corrected chi connectivity index (χ3v) is 8.88. The molecule has 2 aliphatic heterocycles. The Hall–Kier alpha value is -3.07. The third kappa shape index (κ3) is 4.81. The number of carbonyl (C=O) groups is 1. The van der Waals surface area contributed by atoms with Gasteiger partial charge in [-0.15, -0.1) is 0 Å². The molecule has 0 saturated carbocycles. The molecule has 36 heavy (non-hydrogen) atoms. The highest BCUT2D eigenvalue weighted by Gasteiger charge is 2.40. The van der Waals surface area contributed by atoms with Gasteiger partial charge in [0.2, 0.25) is 0 Å². The zero-order chi connectivity index (χ0) is 25.2. The van der Waals surface area contributed by atoms with Crippen LogP contribution in [0.3, 0.4) is 0 Å². The van der Waals surface area contributed by atoms with Crippen LogP contribution in [0.5, 0.6) is 5.75 Å². The lowest BCUT2D eigenvalue weighted by Crippen LogP contribution is -2.53. The fraction of sp³-hybridized carbons (Fsp3) is 0.296. The molecule has 5 rings (SSSR count). The molecule has 188 valence electrons. The van der Waals surface area contributed by atoms with Crippen LogP contribution in [0, 0.1) is 0 Å². The molecular formula is C27H27ClN2O5S. The second-order valence-corrected chi connectivity index (χ2v) is 11.3. The average Bonchev–Trinajstić information content (AvgIpc) is 2.92. The lowest BCUT2D eigenvalue weighted by molar-refractivity contribution is -0.128. The number of benzene rings is 3. The summed E-state index contributed by atoms with van der Waals surface area (Å²) in [5.41, 5.74) is 1.19. The van der Waals surface area contributed by atoms with Crippen molar-refractivity contribution >= 4 is 33.2 Å². The number of rotatable bonds is 6. The maximum Gasteiger partial charge on any atom is 0.264 e. The summed E-state index contributed by atoms with van der Waals surface area (Å²) in [5.74, 6) is -0.0835. The number of sulfonamides is 1. The van der Waals surface area contributed by atoms with Gasteiger partial charge in [0.1, 0.15) is 5.75 Å². The SMILES string of the molecule is O=C(NCC1(c2ccccc2)CCOCC1)[C@H]1CN(S(=O)(=O)c2ccccc2)c2cc(Cl)ccc2O1. The van der Waals surface area contributed by atoms with Crippen molar-refractivity contribution in [3.05, 3.63) is 89.4 Å². The van der Waals surface area contributed by atoms with E-state index in [4.69, 9.17) is 21.1 Å². The topological polar surface area (TPSA) is 84.9 Å². The zero-order valence-corrected chi connectivity index (χ0v) is 21.2. The molecule has 1 saturated heterocycles. The summed E-state index contributed by atoms with van der Waals surface area (Å²) in [7, 11) is -3.95. The van der Waals surface area contributed by atoms with Gasteiger partial charge in [-0.25, -0.2) is 8.42 Å². The molecular weight excluding hydrogens is 500 g/mol. The van der Waals surface area contributed by atoms with Crippen LogP contribution in [-0.2, 0) is 25.0 Å². The van der Waals surface area contributed by atoms with Crippen LogP contribution in [0.2, 0.25) is 5.02 Å². The molecule has 3 aromatic rings. The highest BCUT2D eigenvalue weighted by molar-refractivity contribution is 7.92. The lowest BCUT2D eigenvalue weighted by atomic mass is 9.74. The fourth-order valence-electron chi connectivity index (χ4n) is 4.80. The van der Waals surface area contributed by atoms with E-state index in [0.29, 0.717) is 30.5 Å². The maximum atomic E-state index is 13.6.